The standard InChI is InChI=1S/C8H9NO2S/c1-4(12)7-6-2-5(10)3-9(6)8(7)11/h3,6-7,10H,2H2,1H3. The summed E-state index contributed by atoms with van der Waals surface area (Å²) in [6, 6.07) is 0.106. The number of carbonyl (C=O) groups is 1. The Morgan fingerprint density at radius 3 is 3.08 bits per heavy atom. The van der Waals surface area contributed by atoms with Crippen LogP contribution in [0, 0.1) is 5.92 Å². The van der Waals surface area contributed by atoms with Gasteiger partial charge in [0.2, 0.25) is 5.91 Å². The Morgan fingerprint density at radius 1 is 1.83 bits per heavy atom. The quantitative estimate of drug-likeness (QED) is 0.487. The Morgan fingerprint density at radius 2 is 2.50 bits per heavy atom. The summed E-state index contributed by atoms with van der Waals surface area (Å²) in [6.45, 7) is 1.78. The number of amides is 1. The maximum absolute atomic E-state index is 11.3. The van der Waals surface area contributed by atoms with Crippen molar-refractivity contribution in [2.75, 3.05) is 0 Å². The number of carbonyl (C=O) groups excluding carboxylic acids is 1. The fourth-order valence-corrected chi connectivity index (χ4v) is 2.07. The van der Waals surface area contributed by atoms with Crippen molar-refractivity contribution in [1.29, 1.82) is 0 Å². The molecule has 2 aliphatic heterocycles. The van der Waals surface area contributed by atoms with Crippen LogP contribution in [0.3, 0.4) is 0 Å². The topological polar surface area (TPSA) is 40.5 Å². The maximum atomic E-state index is 11.3. The van der Waals surface area contributed by atoms with Crippen molar-refractivity contribution in [2.24, 2.45) is 5.92 Å². The summed E-state index contributed by atoms with van der Waals surface area (Å²) in [5.41, 5.74) is 0. The first-order valence-electron chi connectivity index (χ1n) is 3.83. The van der Waals surface area contributed by atoms with E-state index in [0.717, 1.165) is 4.86 Å². The monoisotopic (exact) mass is 183 g/mol. The van der Waals surface area contributed by atoms with E-state index in [4.69, 9.17) is 17.3 Å². The van der Waals surface area contributed by atoms with Gasteiger partial charge in [-0.1, -0.05) is 12.2 Å². The molecule has 4 heteroatoms. The van der Waals surface area contributed by atoms with E-state index in [9.17, 15) is 4.79 Å². The van der Waals surface area contributed by atoms with E-state index >= 15 is 0 Å². The molecular weight excluding hydrogens is 174 g/mol. The van der Waals surface area contributed by atoms with Crippen LogP contribution in [-0.4, -0.2) is 26.8 Å². The zero-order chi connectivity index (χ0) is 8.88. The first-order chi connectivity index (χ1) is 5.61. The van der Waals surface area contributed by atoms with Gasteiger partial charge in [-0.05, 0) is 6.92 Å². The molecule has 1 fully saturated rings. The second kappa shape index (κ2) is 2.29. The highest BCUT2D eigenvalue weighted by molar-refractivity contribution is 7.80. The van der Waals surface area contributed by atoms with Crippen LogP contribution < -0.4 is 0 Å². The molecule has 1 saturated heterocycles. The Labute approximate surface area is 75.7 Å². The van der Waals surface area contributed by atoms with E-state index in [1.54, 1.807) is 11.8 Å². The summed E-state index contributed by atoms with van der Waals surface area (Å²) in [6.07, 6.45) is 2.06. The molecule has 0 aromatic carbocycles. The molecule has 2 heterocycles. The fourth-order valence-electron chi connectivity index (χ4n) is 1.81. The average Bonchev–Trinajstić information content (AvgIpc) is 2.28. The van der Waals surface area contributed by atoms with Crippen molar-refractivity contribution in [2.45, 2.75) is 19.4 Å². The summed E-state index contributed by atoms with van der Waals surface area (Å²) in [5.74, 6) is 0.171. The third-order valence-corrected chi connectivity index (χ3v) is 2.66. The molecule has 0 radical (unpaired) electrons. The summed E-state index contributed by atoms with van der Waals surface area (Å²) in [5, 5.41) is 9.15. The summed E-state index contributed by atoms with van der Waals surface area (Å²) < 4.78 is 0. The van der Waals surface area contributed by atoms with Gasteiger partial charge in [-0.15, -0.1) is 0 Å². The molecule has 1 amide bonds. The number of nitrogens with zero attached hydrogens (tertiary/aromatic N) is 1. The number of aliphatic hydroxyl groups excluding tert-OH is 1. The third-order valence-electron chi connectivity index (χ3n) is 2.41. The van der Waals surface area contributed by atoms with Gasteiger partial charge in [-0.25, -0.2) is 0 Å². The number of β-lactam (4-membered cyclic amide) rings is 1. The molecule has 0 aromatic heterocycles. The minimum Gasteiger partial charge on any atom is -0.511 e. The van der Waals surface area contributed by atoms with Crippen LogP contribution in [0.15, 0.2) is 12.0 Å². The van der Waals surface area contributed by atoms with Gasteiger partial charge in [0.1, 0.15) is 5.76 Å². The van der Waals surface area contributed by atoms with E-state index in [1.807, 2.05) is 0 Å². The summed E-state index contributed by atoms with van der Waals surface area (Å²) >= 11 is 4.96. The molecular formula is C8H9NO2S. The van der Waals surface area contributed by atoms with Crippen molar-refractivity contribution in [3.63, 3.8) is 0 Å². The summed E-state index contributed by atoms with van der Waals surface area (Å²) in [4.78, 5) is 13.6. The number of hydrogen-bond donors (Lipinski definition) is 1. The van der Waals surface area contributed by atoms with Gasteiger partial charge in [0.15, 0.2) is 0 Å². The first-order valence-corrected chi connectivity index (χ1v) is 4.24. The van der Waals surface area contributed by atoms with Crippen molar-refractivity contribution in [3.8, 4) is 0 Å². The number of thiocarbonyl (C=S) groups is 1. The van der Waals surface area contributed by atoms with Crippen LogP contribution in [-0.2, 0) is 4.79 Å². The van der Waals surface area contributed by atoms with E-state index in [2.05, 4.69) is 0 Å². The van der Waals surface area contributed by atoms with Crippen LogP contribution in [0.2, 0.25) is 0 Å². The zero-order valence-electron chi connectivity index (χ0n) is 6.65. The third kappa shape index (κ3) is 0.813. The van der Waals surface area contributed by atoms with Crippen LogP contribution in [0.25, 0.3) is 0 Å². The largest absolute Gasteiger partial charge is 0.511 e. The van der Waals surface area contributed by atoms with E-state index in [1.165, 1.54) is 6.20 Å². The SMILES string of the molecule is CC(=S)C1C(=O)N2C=C(O)CC12. The molecule has 2 aliphatic rings. The van der Waals surface area contributed by atoms with Gasteiger partial charge < -0.3 is 10.0 Å². The van der Waals surface area contributed by atoms with Crippen molar-refractivity contribution in [3.05, 3.63) is 12.0 Å². The van der Waals surface area contributed by atoms with Gasteiger partial charge >= 0.3 is 0 Å². The molecule has 0 aromatic rings. The lowest BCUT2D eigenvalue weighted by molar-refractivity contribution is -0.144. The van der Waals surface area contributed by atoms with E-state index in [0.29, 0.717) is 6.42 Å². The molecule has 12 heavy (non-hydrogen) atoms. The van der Waals surface area contributed by atoms with Crippen molar-refractivity contribution < 1.29 is 9.90 Å². The predicted octanol–water partition coefficient (Wildman–Crippen LogP) is 1.01. The lowest BCUT2D eigenvalue weighted by atomic mass is 9.85. The maximum Gasteiger partial charge on any atom is 0.237 e. The Bertz CT molecular complexity index is 297. The lowest BCUT2D eigenvalue weighted by Gasteiger charge is -2.41. The van der Waals surface area contributed by atoms with Gasteiger partial charge in [0.05, 0.1) is 12.0 Å². The first kappa shape index (κ1) is 7.73. The smallest absolute Gasteiger partial charge is 0.237 e. The summed E-state index contributed by atoms with van der Waals surface area (Å²) in [7, 11) is 0. The fraction of sp³-hybridized carbons (Fsp3) is 0.500. The minimum atomic E-state index is -0.138. The Balaban J connectivity index is 2.19. The number of fused-ring (bicyclic) bond motifs is 1. The second-order valence-corrected chi connectivity index (χ2v) is 3.87. The van der Waals surface area contributed by atoms with Crippen LogP contribution >= 0.6 is 12.2 Å². The highest BCUT2D eigenvalue weighted by Gasteiger charge is 2.50. The molecule has 0 saturated carbocycles. The molecule has 1 N–H and O–H groups in total. The Hall–Kier alpha value is -0.900. The molecule has 64 valence electrons. The van der Waals surface area contributed by atoms with E-state index in [-0.39, 0.29) is 23.6 Å². The molecule has 2 atom stereocenters. The normalized spacial score (nSPS) is 32.6. The van der Waals surface area contributed by atoms with E-state index < -0.39 is 0 Å². The average molecular weight is 183 g/mol. The number of hydrogen-bond acceptors (Lipinski definition) is 3. The number of rotatable bonds is 1. The van der Waals surface area contributed by atoms with Crippen LogP contribution in [0.1, 0.15) is 13.3 Å². The molecule has 2 rings (SSSR count). The molecule has 0 aliphatic carbocycles. The lowest BCUT2D eigenvalue weighted by Crippen LogP contribution is -2.58. The molecule has 3 nitrogen and oxygen atoms in total. The molecule has 2 unspecified atom stereocenters. The van der Waals surface area contributed by atoms with Gasteiger partial charge in [0, 0.05) is 17.5 Å². The molecule has 0 spiro atoms. The highest BCUT2D eigenvalue weighted by atomic mass is 32.1. The van der Waals surface area contributed by atoms with Gasteiger partial charge in [-0.3, -0.25) is 4.79 Å². The van der Waals surface area contributed by atoms with Crippen molar-refractivity contribution in [1.82, 2.24) is 4.90 Å². The molecule has 0 bridgehead atoms. The predicted molar refractivity (Wildman–Crippen MR) is 47.7 cm³/mol. The Kier molecular flexibility index (Phi) is 1.48. The van der Waals surface area contributed by atoms with Gasteiger partial charge in [0.25, 0.3) is 0 Å². The van der Waals surface area contributed by atoms with Crippen LogP contribution in [0.5, 0.6) is 0 Å². The van der Waals surface area contributed by atoms with Gasteiger partial charge in [-0.2, -0.15) is 0 Å². The van der Waals surface area contributed by atoms with Crippen molar-refractivity contribution >= 4 is 23.0 Å². The second-order valence-electron chi connectivity index (χ2n) is 3.23. The highest BCUT2D eigenvalue weighted by Crippen LogP contribution is 2.37. The van der Waals surface area contributed by atoms with Crippen LogP contribution in [0.4, 0.5) is 0 Å². The zero-order valence-corrected chi connectivity index (χ0v) is 7.47. The number of aliphatic hydroxyl groups is 1. The minimum absolute atomic E-state index is 0.0246.